The minimum absolute atomic E-state index is 0.0860. The molecule has 3 rings (SSSR count). The van der Waals surface area contributed by atoms with Crippen LogP contribution in [-0.4, -0.2) is 50.0 Å². The lowest BCUT2D eigenvalue weighted by Gasteiger charge is -2.19. The van der Waals surface area contributed by atoms with Crippen molar-refractivity contribution >= 4 is 40.3 Å². The maximum Gasteiger partial charge on any atom is 0.407 e. The zero-order valence-electron chi connectivity index (χ0n) is 18.8. The van der Waals surface area contributed by atoms with E-state index in [1.807, 2.05) is 0 Å². The number of fused-ring (bicyclic) bond motifs is 1. The molecule has 33 heavy (non-hydrogen) atoms. The van der Waals surface area contributed by atoms with Crippen LogP contribution in [-0.2, 0) is 9.53 Å². The Morgan fingerprint density at radius 2 is 2.03 bits per heavy atom. The monoisotopic (exact) mass is 476 g/mol. The van der Waals surface area contributed by atoms with Gasteiger partial charge in [-0.05, 0) is 40.2 Å². The number of pyridine rings is 1. The Morgan fingerprint density at radius 1 is 1.27 bits per heavy atom. The standard InChI is InChI=1S/C22H26ClFN6O3/c1-12(17(31)6-5-7-25-21(32)33-22(2,3)4)29-20-16(24)11-28-19(30-20)15-10-27-18-14(15)8-13(23)9-26-18/h8-12H,5-7H2,1-4H3,(H,25,32)(H,26,27)(H,28,29,30)/t12-/m0/s1. The molecule has 0 saturated heterocycles. The van der Waals surface area contributed by atoms with Crippen molar-refractivity contribution in [2.24, 2.45) is 0 Å². The van der Waals surface area contributed by atoms with Crippen molar-refractivity contribution in [1.29, 1.82) is 0 Å². The molecule has 0 fully saturated rings. The molecule has 3 heterocycles. The molecule has 0 radical (unpaired) electrons. The molecule has 3 N–H and O–H groups in total. The number of hydrogen-bond acceptors (Lipinski definition) is 7. The SMILES string of the molecule is C[C@H](Nc1nc(-c2c[nH]c3ncc(Cl)cc23)ncc1F)C(=O)CCCNC(=O)OC(C)(C)C. The van der Waals surface area contributed by atoms with E-state index in [1.165, 1.54) is 6.20 Å². The Kier molecular flexibility index (Phi) is 7.47. The molecule has 0 aromatic carbocycles. The molecule has 1 atom stereocenters. The quantitative estimate of drug-likeness (QED) is 0.409. The minimum atomic E-state index is -0.692. The van der Waals surface area contributed by atoms with Crippen molar-refractivity contribution in [1.82, 2.24) is 25.3 Å². The first-order valence-electron chi connectivity index (χ1n) is 10.4. The maximum absolute atomic E-state index is 14.3. The molecular formula is C22H26ClFN6O3. The van der Waals surface area contributed by atoms with Crippen molar-refractivity contribution in [2.45, 2.75) is 52.2 Å². The first kappa shape index (κ1) is 24.4. The Bertz CT molecular complexity index is 1160. The highest BCUT2D eigenvalue weighted by Crippen LogP contribution is 2.28. The first-order chi connectivity index (χ1) is 15.5. The molecule has 9 nitrogen and oxygen atoms in total. The third kappa shape index (κ3) is 6.61. The van der Waals surface area contributed by atoms with Crippen LogP contribution >= 0.6 is 11.6 Å². The highest BCUT2D eigenvalue weighted by atomic mass is 35.5. The molecule has 3 aromatic rings. The van der Waals surface area contributed by atoms with E-state index in [-0.39, 0.29) is 30.4 Å². The average molecular weight is 477 g/mol. The summed E-state index contributed by atoms with van der Waals surface area (Å²) in [6.07, 6.45) is 4.30. The van der Waals surface area contributed by atoms with Crippen LogP contribution in [0.3, 0.4) is 0 Å². The molecule has 0 aliphatic heterocycles. The van der Waals surface area contributed by atoms with Crippen LogP contribution in [0.25, 0.3) is 22.4 Å². The fourth-order valence-electron chi connectivity index (χ4n) is 3.03. The van der Waals surface area contributed by atoms with Crippen LogP contribution < -0.4 is 10.6 Å². The number of Topliss-reactive ketones (excluding diaryl/α,β-unsaturated/α-hetero) is 1. The van der Waals surface area contributed by atoms with Crippen molar-refractivity contribution in [3.8, 4) is 11.4 Å². The minimum Gasteiger partial charge on any atom is -0.444 e. The number of carbonyl (C=O) groups is 2. The van der Waals surface area contributed by atoms with E-state index in [1.54, 1.807) is 40.0 Å². The number of rotatable bonds is 8. The Balaban J connectivity index is 1.60. The van der Waals surface area contributed by atoms with Gasteiger partial charge in [0.1, 0.15) is 11.2 Å². The number of alkyl carbamates (subject to hydrolysis) is 1. The van der Waals surface area contributed by atoms with Crippen LogP contribution in [0.4, 0.5) is 15.0 Å². The van der Waals surface area contributed by atoms with Crippen LogP contribution in [0.1, 0.15) is 40.5 Å². The summed E-state index contributed by atoms with van der Waals surface area (Å²) in [6, 6.07) is 1.02. The van der Waals surface area contributed by atoms with Gasteiger partial charge in [-0.3, -0.25) is 4.79 Å². The van der Waals surface area contributed by atoms with Gasteiger partial charge in [-0.2, -0.15) is 0 Å². The van der Waals surface area contributed by atoms with E-state index in [2.05, 4.69) is 30.6 Å². The number of H-pyrrole nitrogens is 1. The molecule has 11 heteroatoms. The lowest BCUT2D eigenvalue weighted by Crippen LogP contribution is -2.33. The van der Waals surface area contributed by atoms with Gasteiger partial charge < -0.3 is 20.4 Å². The van der Waals surface area contributed by atoms with E-state index in [4.69, 9.17) is 16.3 Å². The Labute approximate surface area is 195 Å². The zero-order valence-corrected chi connectivity index (χ0v) is 19.6. The van der Waals surface area contributed by atoms with Gasteiger partial charge in [-0.25, -0.2) is 24.1 Å². The van der Waals surface area contributed by atoms with E-state index < -0.39 is 23.6 Å². The number of ketones is 1. The summed E-state index contributed by atoms with van der Waals surface area (Å²) in [4.78, 5) is 39.6. The summed E-state index contributed by atoms with van der Waals surface area (Å²) < 4.78 is 19.5. The number of nitrogens with zero attached hydrogens (tertiary/aromatic N) is 3. The van der Waals surface area contributed by atoms with Crippen LogP contribution in [0, 0.1) is 5.82 Å². The number of aromatic amines is 1. The Hall–Kier alpha value is -3.27. The number of hydrogen-bond donors (Lipinski definition) is 3. The van der Waals surface area contributed by atoms with Crippen LogP contribution in [0.5, 0.6) is 0 Å². The van der Waals surface area contributed by atoms with Crippen molar-refractivity contribution in [3.05, 3.63) is 35.5 Å². The summed E-state index contributed by atoms with van der Waals surface area (Å²) in [5.41, 5.74) is 0.615. The fraction of sp³-hybridized carbons (Fsp3) is 0.409. The molecule has 0 unspecified atom stereocenters. The van der Waals surface area contributed by atoms with Crippen molar-refractivity contribution in [3.63, 3.8) is 0 Å². The average Bonchev–Trinajstić information content (AvgIpc) is 3.14. The van der Waals surface area contributed by atoms with Gasteiger partial charge in [0.25, 0.3) is 0 Å². The van der Waals surface area contributed by atoms with E-state index in [0.29, 0.717) is 28.0 Å². The summed E-state index contributed by atoms with van der Waals surface area (Å²) in [5.74, 6) is -0.655. The normalized spacial score (nSPS) is 12.4. The molecule has 0 saturated carbocycles. The predicted octanol–water partition coefficient (Wildman–Crippen LogP) is 4.49. The van der Waals surface area contributed by atoms with Gasteiger partial charge in [0.15, 0.2) is 23.2 Å². The fourth-order valence-corrected chi connectivity index (χ4v) is 3.19. The van der Waals surface area contributed by atoms with Gasteiger partial charge in [-0.15, -0.1) is 0 Å². The highest BCUT2D eigenvalue weighted by Gasteiger charge is 2.19. The highest BCUT2D eigenvalue weighted by molar-refractivity contribution is 6.31. The summed E-state index contributed by atoms with van der Waals surface area (Å²) in [7, 11) is 0. The number of halogens is 2. The van der Waals surface area contributed by atoms with Gasteiger partial charge in [0.05, 0.1) is 17.3 Å². The molecule has 0 aliphatic rings. The molecule has 0 bridgehead atoms. The lowest BCUT2D eigenvalue weighted by molar-refractivity contribution is -0.119. The van der Waals surface area contributed by atoms with Crippen molar-refractivity contribution in [2.75, 3.05) is 11.9 Å². The number of amides is 1. The smallest absolute Gasteiger partial charge is 0.407 e. The molecule has 3 aromatic heterocycles. The predicted molar refractivity (Wildman–Crippen MR) is 124 cm³/mol. The first-order valence-corrected chi connectivity index (χ1v) is 10.8. The van der Waals surface area contributed by atoms with Gasteiger partial charge >= 0.3 is 6.09 Å². The topological polar surface area (TPSA) is 122 Å². The van der Waals surface area contributed by atoms with Gasteiger partial charge in [-0.1, -0.05) is 11.6 Å². The lowest BCUT2D eigenvalue weighted by atomic mass is 10.1. The second-order valence-corrected chi connectivity index (χ2v) is 8.94. The number of nitrogens with one attached hydrogen (secondary N) is 3. The molecule has 0 spiro atoms. The number of carbonyl (C=O) groups excluding carboxylic acids is 2. The second-order valence-electron chi connectivity index (χ2n) is 8.51. The third-order valence-corrected chi connectivity index (χ3v) is 4.79. The Morgan fingerprint density at radius 3 is 2.76 bits per heavy atom. The van der Waals surface area contributed by atoms with E-state index in [9.17, 15) is 14.0 Å². The summed E-state index contributed by atoms with van der Waals surface area (Å²) in [5, 5.41) is 6.56. The summed E-state index contributed by atoms with van der Waals surface area (Å²) >= 11 is 6.04. The largest absolute Gasteiger partial charge is 0.444 e. The number of ether oxygens (including phenoxy) is 1. The third-order valence-electron chi connectivity index (χ3n) is 4.59. The summed E-state index contributed by atoms with van der Waals surface area (Å²) in [6.45, 7) is 7.22. The van der Waals surface area contributed by atoms with Gasteiger partial charge in [0, 0.05) is 36.3 Å². The second kappa shape index (κ2) is 10.1. The molecule has 0 aliphatic carbocycles. The number of anilines is 1. The van der Waals surface area contributed by atoms with Crippen LogP contribution in [0.15, 0.2) is 24.7 Å². The van der Waals surface area contributed by atoms with E-state index >= 15 is 0 Å². The van der Waals surface area contributed by atoms with E-state index in [0.717, 1.165) is 6.20 Å². The molecule has 176 valence electrons. The van der Waals surface area contributed by atoms with Gasteiger partial charge in [0.2, 0.25) is 0 Å². The molecule has 1 amide bonds. The number of aromatic nitrogens is 4. The maximum atomic E-state index is 14.3. The van der Waals surface area contributed by atoms with Crippen molar-refractivity contribution < 1.29 is 18.7 Å². The van der Waals surface area contributed by atoms with Crippen LogP contribution in [0.2, 0.25) is 5.02 Å². The zero-order chi connectivity index (χ0) is 24.2. The molecular weight excluding hydrogens is 451 g/mol.